The van der Waals surface area contributed by atoms with Gasteiger partial charge in [0.1, 0.15) is 5.82 Å². The summed E-state index contributed by atoms with van der Waals surface area (Å²) in [4.78, 5) is 11.2. The number of alkyl halides is 1. The number of Topliss-reactive ketones (excluding diaryl/α,β-unsaturated/α-hetero) is 1. The smallest absolute Gasteiger partial charge is 0.178 e. The lowest BCUT2D eigenvalue weighted by molar-refractivity contribution is 0.102. The average molecular weight is 377 g/mol. The molecule has 1 aromatic rings. The highest BCUT2D eigenvalue weighted by Crippen LogP contribution is 2.23. The van der Waals surface area contributed by atoms with Crippen molar-refractivity contribution in [2.24, 2.45) is 0 Å². The molecule has 0 saturated carbocycles. The zero-order chi connectivity index (χ0) is 10.0. The van der Waals surface area contributed by atoms with Gasteiger partial charge < -0.3 is 0 Å². The van der Waals surface area contributed by atoms with Crippen LogP contribution in [0.25, 0.3) is 0 Å². The maximum Gasteiger partial charge on any atom is 0.178 e. The second-order valence-electron chi connectivity index (χ2n) is 2.30. The zero-order valence-corrected chi connectivity index (χ0v) is 10.8. The van der Waals surface area contributed by atoms with Gasteiger partial charge in [0, 0.05) is 13.6 Å². The van der Waals surface area contributed by atoms with E-state index < -0.39 is 5.82 Å². The van der Waals surface area contributed by atoms with Gasteiger partial charge in [0.05, 0.1) is 5.88 Å². The number of ketones is 1. The normalized spacial score (nSPS) is 10.2. The molecular weight excluding hydrogens is 373 g/mol. The molecule has 0 N–H and O–H groups in total. The van der Waals surface area contributed by atoms with Gasteiger partial charge in [-0.15, -0.1) is 11.6 Å². The van der Waals surface area contributed by atoms with Crippen molar-refractivity contribution in [3.05, 3.63) is 31.6 Å². The Kier molecular flexibility index (Phi) is 4.12. The Balaban J connectivity index is 3.23. The second kappa shape index (κ2) is 4.70. The second-order valence-corrected chi connectivity index (χ2v) is 4.59. The molecule has 1 aromatic carbocycles. The van der Waals surface area contributed by atoms with E-state index in [0.717, 1.165) is 0 Å². The number of rotatable bonds is 2. The Morgan fingerprint density at radius 3 is 2.77 bits per heavy atom. The minimum atomic E-state index is -0.405. The van der Waals surface area contributed by atoms with Gasteiger partial charge in [-0.2, -0.15) is 0 Å². The number of hydrogen-bond acceptors (Lipinski definition) is 1. The van der Waals surface area contributed by atoms with E-state index in [1.807, 2.05) is 22.6 Å². The van der Waals surface area contributed by atoms with E-state index in [-0.39, 0.29) is 17.2 Å². The molecule has 0 atom stereocenters. The first-order valence-electron chi connectivity index (χ1n) is 3.30. The molecular formula is C8H4BrClFIO. The third kappa shape index (κ3) is 2.63. The molecule has 0 amide bonds. The maximum absolute atomic E-state index is 13.0. The molecule has 13 heavy (non-hydrogen) atoms. The molecule has 0 aliphatic rings. The molecule has 0 saturated heterocycles. The molecule has 5 heteroatoms. The first kappa shape index (κ1) is 11.4. The number of halogens is 4. The summed E-state index contributed by atoms with van der Waals surface area (Å²) in [5, 5.41) is 0. The van der Waals surface area contributed by atoms with E-state index in [4.69, 9.17) is 11.6 Å². The summed E-state index contributed by atoms with van der Waals surface area (Å²) in [5.74, 6) is -0.834. The minimum absolute atomic E-state index is 0.140. The largest absolute Gasteiger partial charge is 0.293 e. The molecule has 0 fully saturated rings. The minimum Gasteiger partial charge on any atom is -0.293 e. The van der Waals surface area contributed by atoms with E-state index in [1.165, 1.54) is 6.07 Å². The summed E-state index contributed by atoms with van der Waals surface area (Å²) < 4.78 is 14.1. The maximum atomic E-state index is 13.0. The van der Waals surface area contributed by atoms with Crippen LogP contribution < -0.4 is 0 Å². The van der Waals surface area contributed by atoms with Crippen molar-refractivity contribution in [3.8, 4) is 0 Å². The molecule has 0 bridgehead atoms. The predicted octanol–water partition coefficient (Wildman–Crippen LogP) is 3.61. The van der Waals surface area contributed by atoms with Crippen LogP contribution in [0.5, 0.6) is 0 Å². The molecule has 0 heterocycles. The first-order chi connectivity index (χ1) is 6.06. The monoisotopic (exact) mass is 376 g/mol. The van der Waals surface area contributed by atoms with Gasteiger partial charge in [-0.1, -0.05) is 15.9 Å². The molecule has 0 aliphatic heterocycles. The fraction of sp³-hybridized carbons (Fsp3) is 0.125. The fourth-order valence-electron chi connectivity index (χ4n) is 0.808. The summed E-state index contributed by atoms with van der Waals surface area (Å²) in [7, 11) is 0. The van der Waals surface area contributed by atoms with Crippen molar-refractivity contribution in [3.63, 3.8) is 0 Å². The Morgan fingerprint density at radius 1 is 1.62 bits per heavy atom. The molecule has 70 valence electrons. The molecule has 1 nitrogen and oxygen atoms in total. The SMILES string of the molecule is O=C(CCl)c1cc(F)c(I)cc1Br. The van der Waals surface area contributed by atoms with E-state index in [1.54, 1.807) is 6.07 Å². The Hall–Kier alpha value is 0.320. The number of benzene rings is 1. The number of carbonyl (C=O) groups is 1. The summed E-state index contributed by atoms with van der Waals surface area (Å²) in [6.45, 7) is 0. The first-order valence-corrected chi connectivity index (χ1v) is 5.70. The molecule has 0 radical (unpaired) electrons. The van der Waals surface area contributed by atoms with Crippen LogP contribution >= 0.6 is 50.1 Å². The Bertz CT molecular complexity index is 356. The van der Waals surface area contributed by atoms with E-state index >= 15 is 0 Å². The van der Waals surface area contributed by atoms with Crippen LogP contribution in [-0.4, -0.2) is 11.7 Å². The van der Waals surface area contributed by atoms with Crippen LogP contribution in [0, 0.1) is 9.39 Å². The summed E-state index contributed by atoms with van der Waals surface area (Å²) >= 11 is 10.4. The molecule has 0 unspecified atom stereocenters. The third-order valence-electron chi connectivity index (χ3n) is 1.43. The average Bonchev–Trinajstić information content (AvgIpc) is 2.10. The van der Waals surface area contributed by atoms with Gasteiger partial charge in [0.2, 0.25) is 0 Å². The quantitative estimate of drug-likeness (QED) is 0.333. The van der Waals surface area contributed by atoms with Crippen LogP contribution in [0.2, 0.25) is 0 Å². The lowest BCUT2D eigenvalue weighted by Crippen LogP contribution is -2.02. The standard InChI is InChI=1S/C8H4BrClFIO/c9-5-2-7(12)6(11)1-4(5)8(13)3-10/h1-2H,3H2. The topological polar surface area (TPSA) is 17.1 Å². The van der Waals surface area contributed by atoms with Gasteiger partial charge in [-0.05, 0) is 34.7 Å². The summed E-state index contributed by atoms with van der Waals surface area (Å²) in [6.07, 6.45) is 0. The van der Waals surface area contributed by atoms with Crippen molar-refractivity contribution < 1.29 is 9.18 Å². The van der Waals surface area contributed by atoms with Gasteiger partial charge in [-0.3, -0.25) is 4.79 Å². The van der Waals surface area contributed by atoms with Crippen molar-refractivity contribution in [2.45, 2.75) is 0 Å². The zero-order valence-electron chi connectivity index (χ0n) is 6.28. The summed E-state index contributed by atoms with van der Waals surface area (Å²) in [6, 6.07) is 2.74. The summed E-state index contributed by atoms with van der Waals surface area (Å²) in [5.41, 5.74) is 0.285. The van der Waals surface area contributed by atoms with Crippen LogP contribution in [0.15, 0.2) is 16.6 Å². The van der Waals surface area contributed by atoms with Gasteiger partial charge in [-0.25, -0.2) is 4.39 Å². The predicted molar refractivity (Wildman–Crippen MR) is 61.9 cm³/mol. The van der Waals surface area contributed by atoms with E-state index in [9.17, 15) is 9.18 Å². The van der Waals surface area contributed by atoms with Crippen LogP contribution in [0.1, 0.15) is 10.4 Å². The van der Waals surface area contributed by atoms with Crippen LogP contribution in [0.3, 0.4) is 0 Å². The lowest BCUT2D eigenvalue weighted by atomic mass is 10.1. The lowest BCUT2D eigenvalue weighted by Gasteiger charge is -2.02. The Morgan fingerprint density at radius 2 is 2.23 bits per heavy atom. The van der Waals surface area contributed by atoms with E-state index in [0.29, 0.717) is 8.04 Å². The van der Waals surface area contributed by atoms with Crippen molar-refractivity contribution in [1.82, 2.24) is 0 Å². The highest BCUT2D eigenvalue weighted by molar-refractivity contribution is 14.1. The van der Waals surface area contributed by atoms with Crippen LogP contribution in [-0.2, 0) is 0 Å². The fourth-order valence-corrected chi connectivity index (χ4v) is 2.41. The number of hydrogen-bond donors (Lipinski definition) is 0. The van der Waals surface area contributed by atoms with Crippen molar-refractivity contribution in [2.75, 3.05) is 5.88 Å². The Labute approximate surface area is 102 Å². The molecule has 0 aromatic heterocycles. The molecule has 0 aliphatic carbocycles. The van der Waals surface area contributed by atoms with Gasteiger partial charge >= 0.3 is 0 Å². The van der Waals surface area contributed by atoms with Crippen LogP contribution in [0.4, 0.5) is 4.39 Å². The number of carbonyl (C=O) groups excluding carboxylic acids is 1. The highest BCUT2D eigenvalue weighted by Gasteiger charge is 2.12. The van der Waals surface area contributed by atoms with Gasteiger partial charge in [0.25, 0.3) is 0 Å². The molecule has 0 spiro atoms. The van der Waals surface area contributed by atoms with E-state index in [2.05, 4.69) is 15.9 Å². The highest BCUT2D eigenvalue weighted by atomic mass is 127. The molecule has 1 rings (SSSR count). The van der Waals surface area contributed by atoms with Crippen molar-refractivity contribution >= 4 is 55.9 Å². The third-order valence-corrected chi connectivity index (χ3v) is 3.16. The van der Waals surface area contributed by atoms with Crippen molar-refractivity contribution in [1.29, 1.82) is 0 Å². The van der Waals surface area contributed by atoms with Gasteiger partial charge in [0.15, 0.2) is 5.78 Å².